The molecule has 0 saturated carbocycles. The SMILES string of the molecule is COc1c(S(=O)(=O)Nc2cccc(OC(F)(F)F)c2)ccc(NC(=O)c2ccnn2C)c1C. The maximum Gasteiger partial charge on any atom is 0.573 e. The van der Waals surface area contributed by atoms with Gasteiger partial charge in [0.1, 0.15) is 22.1 Å². The zero-order valence-corrected chi connectivity index (χ0v) is 18.4. The first-order chi connectivity index (χ1) is 15.4. The molecule has 0 radical (unpaired) electrons. The molecule has 176 valence electrons. The van der Waals surface area contributed by atoms with Crippen molar-refractivity contribution >= 4 is 27.3 Å². The van der Waals surface area contributed by atoms with Gasteiger partial charge in [0.05, 0.1) is 12.8 Å². The molecule has 0 aliphatic carbocycles. The standard InChI is InChI=1S/C20H19F3N4O5S/c1-12-15(25-19(28)16-9-10-24-27(16)2)7-8-17(18(12)31-3)33(29,30)26-13-5-4-6-14(11-13)32-20(21,22)23/h4-11,26H,1-3H3,(H,25,28). The molecule has 13 heteroatoms. The number of carbonyl (C=O) groups is 1. The zero-order valence-electron chi connectivity index (χ0n) is 17.6. The number of aryl methyl sites for hydroxylation is 1. The fourth-order valence-corrected chi connectivity index (χ4v) is 4.29. The van der Waals surface area contributed by atoms with Crippen molar-refractivity contribution < 1.29 is 35.9 Å². The van der Waals surface area contributed by atoms with Crippen LogP contribution < -0.4 is 19.5 Å². The summed E-state index contributed by atoms with van der Waals surface area (Å²) in [7, 11) is -1.42. The maximum absolute atomic E-state index is 12.9. The Morgan fingerprint density at radius 2 is 1.88 bits per heavy atom. The van der Waals surface area contributed by atoms with Gasteiger partial charge in [-0.05, 0) is 37.3 Å². The number of benzene rings is 2. The van der Waals surface area contributed by atoms with Crippen molar-refractivity contribution in [2.45, 2.75) is 18.2 Å². The minimum Gasteiger partial charge on any atom is -0.495 e. The lowest BCUT2D eigenvalue weighted by Gasteiger charge is -2.17. The summed E-state index contributed by atoms with van der Waals surface area (Å²) < 4.78 is 75.9. The third-order valence-corrected chi connectivity index (χ3v) is 5.89. The Morgan fingerprint density at radius 3 is 2.48 bits per heavy atom. The van der Waals surface area contributed by atoms with Crippen LogP contribution in [0.2, 0.25) is 0 Å². The monoisotopic (exact) mass is 484 g/mol. The van der Waals surface area contributed by atoms with Gasteiger partial charge in [0.2, 0.25) is 0 Å². The van der Waals surface area contributed by atoms with Crippen molar-refractivity contribution in [1.29, 1.82) is 0 Å². The highest BCUT2D eigenvalue weighted by molar-refractivity contribution is 7.92. The van der Waals surface area contributed by atoms with Gasteiger partial charge in [-0.2, -0.15) is 5.10 Å². The summed E-state index contributed by atoms with van der Waals surface area (Å²) in [6.45, 7) is 1.55. The second kappa shape index (κ2) is 9.02. The summed E-state index contributed by atoms with van der Waals surface area (Å²) in [5, 5.41) is 6.59. The number of rotatable bonds is 7. The molecule has 0 fully saturated rings. The highest BCUT2D eigenvalue weighted by Gasteiger charge is 2.31. The van der Waals surface area contributed by atoms with E-state index in [1.165, 1.54) is 48.3 Å². The number of hydrogen-bond donors (Lipinski definition) is 2. The molecule has 3 rings (SSSR count). The smallest absolute Gasteiger partial charge is 0.495 e. The van der Waals surface area contributed by atoms with Crippen LogP contribution in [0.1, 0.15) is 16.1 Å². The molecule has 2 aromatic carbocycles. The number of hydrogen-bond acceptors (Lipinski definition) is 6. The van der Waals surface area contributed by atoms with Crippen LogP contribution >= 0.6 is 0 Å². The topological polar surface area (TPSA) is 112 Å². The van der Waals surface area contributed by atoms with Gasteiger partial charge in [0, 0.05) is 30.6 Å². The number of anilines is 2. The van der Waals surface area contributed by atoms with Crippen molar-refractivity contribution in [3.05, 3.63) is 59.9 Å². The molecule has 0 unspecified atom stereocenters. The lowest BCUT2D eigenvalue weighted by molar-refractivity contribution is -0.274. The second-order valence-electron chi connectivity index (χ2n) is 6.74. The molecular weight excluding hydrogens is 465 g/mol. The molecule has 0 aliphatic rings. The Balaban J connectivity index is 1.89. The van der Waals surface area contributed by atoms with E-state index in [1.54, 1.807) is 14.0 Å². The zero-order chi connectivity index (χ0) is 24.4. The van der Waals surface area contributed by atoms with Gasteiger partial charge in [-0.25, -0.2) is 8.42 Å². The fourth-order valence-electron chi connectivity index (χ4n) is 3.02. The van der Waals surface area contributed by atoms with Gasteiger partial charge in [-0.15, -0.1) is 13.2 Å². The van der Waals surface area contributed by atoms with E-state index in [0.29, 0.717) is 11.3 Å². The predicted molar refractivity (Wildman–Crippen MR) is 113 cm³/mol. The lowest BCUT2D eigenvalue weighted by atomic mass is 10.1. The molecule has 1 aromatic heterocycles. The summed E-state index contributed by atoms with van der Waals surface area (Å²) in [4.78, 5) is 12.2. The molecule has 33 heavy (non-hydrogen) atoms. The molecule has 1 amide bonds. The number of sulfonamides is 1. The number of ether oxygens (including phenoxy) is 2. The van der Waals surface area contributed by atoms with Crippen LogP contribution in [0.3, 0.4) is 0 Å². The van der Waals surface area contributed by atoms with Crippen LogP contribution in [-0.2, 0) is 17.1 Å². The molecule has 0 atom stereocenters. The van der Waals surface area contributed by atoms with Crippen molar-refractivity contribution in [2.24, 2.45) is 7.05 Å². The number of alkyl halides is 3. The average Bonchev–Trinajstić information content (AvgIpc) is 3.13. The van der Waals surface area contributed by atoms with E-state index in [0.717, 1.165) is 12.1 Å². The normalized spacial score (nSPS) is 11.7. The van der Waals surface area contributed by atoms with Crippen LogP contribution in [0.15, 0.2) is 53.6 Å². The molecule has 2 N–H and O–H groups in total. The summed E-state index contributed by atoms with van der Waals surface area (Å²) in [5.74, 6) is -1.09. The van der Waals surface area contributed by atoms with Crippen molar-refractivity contribution in [2.75, 3.05) is 17.1 Å². The van der Waals surface area contributed by atoms with Crippen molar-refractivity contribution in [1.82, 2.24) is 9.78 Å². The van der Waals surface area contributed by atoms with Gasteiger partial charge in [-0.3, -0.25) is 14.2 Å². The third-order valence-electron chi connectivity index (χ3n) is 4.48. The van der Waals surface area contributed by atoms with Gasteiger partial charge in [0.25, 0.3) is 15.9 Å². The summed E-state index contributed by atoms with van der Waals surface area (Å²) in [5.41, 5.74) is 0.764. The largest absolute Gasteiger partial charge is 0.573 e. The molecular formula is C20H19F3N4O5S. The first kappa shape index (κ1) is 23.9. The number of amides is 1. The lowest BCUT2D eigenvalue weighted by Crippen LogP contribution is -2.19. The predicted octanol–water partition coefficient (Wildman–Crippen LogP) is 3.69. The number of halogens is 3. The van der Waals surface area contributed by atoms with E-state index in [4.69, 9.17) is 4.74 Å². The third kappa shape index (κ3) is 5.55. The Labute approximate surface area is 187 Å². The Hall–Kier alpha value is -3.74. The van der Waals surface area contributed by atoms with Gasteiger partial charge >= 0.3 is 6.36 Å². The minimum absolute atomic E-state index is 0.0481. The first-order valence-corrected chi connectivity index (χ1v) is 10.7. The number of methoxy groups -OCH3 is 1. The van der Waals surface area contributed by atoms with Gasteiger partial charge < -0.3 is 14.8 Å². The highest BCUT2D eigenvalue weighted by Crippen LogP contribution is 2.34. The summed E-state index contributed by atoms with van der Waals surface area (Å²) in [6, 6.07) is 8.51. The molecule has 3 aromatic rings. The van der Waals surface area contributed by atoms with Crippen molar-refractivity contribution in [3.8, 4) is 11.5 Å². The van der Waals surface area contributed by atoms with E-state index in [1.807, 2.05) is 0 Å². The maximum atomic E-state index is 12.9. The summed E-state index contributed by atoms with van der Waals surface area (Å²) in [6.07, 6.45) is -3.47. The Kier molecular flexibility index (Phi) is 6.53. The van der Waals surface area contributed by atoms with Crippen LogP contribution in [-0.4, -0.2) is 37.6 Å². The van der Waals surface area contributed by atoms with E-state index in [9.17, 15) is 26.4 Å². The number of carbonyl (C=O) groups excluding carboxylic acids is 1. The average molecular weight is 484 g/mol. The number of aromatic nitrogens is 2. The molecule has 0 spiro atoms. The fraction of sp³-hybridized carbons (Fsp3) is 0.200. The first-order valence-electron chi connectivity index (χ1n) is 9.27. The quantitative estimate of drug-likeness (QED) is 0.529. The number of nitrogens with one attached hydrogen (secondary N) is 2. The van der Waals surface area contributed by atoms with Crippen LogP contribution in [0.5, 0.6) is 11.5 Å². The second-order valence-corrected chi connectivity index (χ2v) is 8.40. The van der Waals surface area contributed by atoms with Crippen LogP contribution in [0, 0.1) is 6.92 Å². The van der Waals surface area contributed by atoms with E-state index < -0.39 is 28.0 Å². The van der Waals surface area contributed by atoms with Gasteiger partial charge in [-0.1, -0.05) is 6.07 Å². The molecule has 9 nitrogen and oxygen atoms in total. The van der Waals surface area contributed by atoms with Crippen LogP contribution in [0.25, 0.3) is 0 Å². The van der Waals surface area contributed by atoms with Crippen molar-refractivity contribution in [3.63, 3.8) is 0 Å². The Morgan fingerprint density at radius 1 is 1.15 bits per heavy atom. The molecule has 0 bridgehead atoms. The van der Waals surface area contributed by atoms with E-state index in [-0.39, 0.29) is 22.0 Å². The summed E-state index contributed by atoms with van der Waals surface area (Å²) >= 11 is 0. The van der Waals surface area contributed by atoms with E-state index >= 15 is 0 Å². The molecule has 1 heterocycles. The highest BCUT2D eigenvalue weighted by atomic mass is 32.2. The Bertz CT molecular complexity index is 1290. The minimum atomic E-state index is -4.92. The van der Waals surface area contributed by atoms with Crippen LogP contribution in [0.4, 0.5) is 24.5 Å². The van der Waals surface area contributed by atoms with Gasteiger partial charge in [0.15, 0.2) is 0 Å². The number of nitrogens with zero attached hydrogens (tertiary/aromatic N) is 2. The molecule has 0 saturated heterocycles. The van der Waals surface area contributed by atoms with E-state index in [2.05, 4.69) is 19.9 Å². The molecule has 0 aliphatic heterocycles.